The molecular weight excluding hydrogens is 302 g/mol. The molecule has 0 saturated carbocycles. The summed E-state index contributed by atoms with van der Waals surface area (Å²) in [6.45, 7) is 0.110. The number of halogens is 1. The molecule has 3 N–H and O–H groups in total. The number of carbonyl (C=O) groups excluding carboxylic acids is 2. The van der Waals surface area contributed by atoms with Crippen molar-refractivity contribution in [1.29, 1.82) is 0 Å². The lowest BCUT2D eigenvalue weighted by atomic mass is 10.2. The molecule has 1 aliphatic heterocycles. The highest BCUT2D eigenvalue weighted by molar-refractivity contribution is 9.10. The third-order valence-electron chi connectivity index (χ3n) is 2.82. The third-order valence-corrected chi connectivity index (χ3v) is 3.25. The molecule has 1 aliphatic rings. The second-order valence-corrected chi connectivity index (χ2v) is 5.07. The minimum Gasteiger partial charge on any atom is -0.391 e. The van der Waals surface area contributed by atoms with Crippen LogP contribution in [0.5, 0.6) is 0 Å². The third kappa shape index (κ3) is 2.51. The van der Waals surface area contributed by atoms with Gasteiger partial charge in [-0.05, 0) is 22.0 Å². The second-order valence-electron chi connectivity index (χ2n) is 4.16. The van der Waals surface area contributed by atoms with Crippen LogP contribution in [-0.2, 0) is 4.79 Å². The molecule has 2 atom stereocenters. The van der Waals surface area contributed by atoms with Crippen LogP contribution in [0.25, 0.3) is 0 Å². The molecule has 1 fully saturated rings. The molecule has 7 heteroatoms. The zero-order chi connectivity index (χ0) is 13.3. The van der Waals surface area contributed by atoms with Gasteiger partial charge in [-0.15, -0.1) is 0 Å². The molecule has 96 valence electrons. The van der Waals surface area contributed by atoms with Gasteiger partial charge in [0.25, 0.3) is 5.91 Å². The minimum absolute atomic E-state index is 0.110. The lowest BCUT2D eigenvalue weighted by molar-refractivity contribution is -0.121. The Bertz CT molecular complexity index is 494. The van der Waals surface area contributed by atoms with Crippen molar-refractivity contribution in [3.63, 3.8) is 0 Å². The zero-order valence-electron chi connectivity index (χ0n) is 9.41. The maximum absolute atomic E-state index is 12.2. The van der Waals surface area contributed by atoms with Gasteiger partial charge in [0.2, 0.25) is 5.91 Å². The van der Waals surface area contributed by atoms with E-state index < -0.39 is 18.1 Å². The molecule has 0 aliphatic carbocycles. The van der Waals surface area contributed by atoms with Crippen molar-refractivity contribution in [2.24, 2.45) is 5.73 Å². The largest absolute Gasteiger partial charge is 0.391 e. The first kappa shape index (κ1) is 13.0. The Morgan fingerprint density at radius 3 is 2.83 bits per heavy atom. The Hall–Kier alpha value is -1.47. The molecule has 18 heavy (non-hydrogen) atoms. The molecule has 0 aromatic carbocycles. The summed E-state index contributed by atoms with van der Waals surface area (Å²) in [6.07, 6.45) is 2.44. The summed E-state index contributed by atoms with van der Waals surface area (Å²) < 4.78 is 0.670. The predicted molar refractivity (Wildman–Crippen MR) is 66.6 cm³/mol. The number of aliphatic hydroxyl groups excluding tert-OH is 1. The Morgan fingerprint density at radius 2 is 2.22 bits per heavy atom. The van der Waals surface area contributed by atoms with Gasteiger partial charge in [-0.2, -0.15) is 0 Å². The molecule has 2 unspecified atom stereocenters. The van der Waals surface area contributed by atoms with E-state index in [0.717, 1.165) is 0 Å². The number of hydrogen-bond acceptors (Lipinski definition) is 4. The molecule has 2 rings (SSSR count). The fourth-order valence-electron chi connectivity index (χ4n) is 2.00. The van der Waals surface area contributed by atoms with Crippen LogP contribution in [0.4, 0.5) is 0 Å². The maximum Gasteiger partial charge on any atom is 0.256 e. The summed E-state index contributed by atoms with van der Waals surface area (Å²) >= 11 is 3.22. The Labute approximate surface area is 112 Å². The first-order valence-corrected chi connectivity index (χ1v) is 6.17. The van der Waals surface area contributed by atoms with Crippen molar-refractivity contribution >= 4 is 27.7 Å². The number of rotatable bonds is 2. The lowest BCUT2D eigenvalue weighted by Crippen LogP contribution is -2.43. The van der Waals surface area contributed by atoms with Crippen LogP contribution in [0, 0.1) is 0 Å². The highest BCUT2D eigenvalue weighted by Gasteiger charge is 2.38. The number of primary amides is 1. The van der Waals surface area contributed by atoms with Crippen LogP contribution in [0.2, 0.25) is 0 Å². The Balaban J connectivity index is 2.25. The van der Waals surface area contributed by atoms with Gasteiger partial charge in [0, 0.05) is 29.8 Å². The van der Waals surface area contributed by atoms with Crippen LogP contribution >= 0.6 is 15.9 Å². The van der Waals surface area contributed by atoms with Crippen LogP contribution in [0.1, 0.15) is 16.8 Å². The van der Waals surface area contributed by atoms with Crippen LogP contribution in [0.15, 0.2) is 22.9 Å². The number of aromatic nitrogens is 1. The van der Waals surface area contributed by atoms with Gasteiger partial charge in [0.05, 0.1) is 11.7 Å². The van der Waals surface area contributed by atoms with E-state index in [1.807, 2.05) is 0 Å². The van der Waals surface area contributed by atoms with Gasteiger partial charge in [-0.1, -0.05) is 0 Å². The molecule has 0 spiro atoms. The van der Waals surface area contributed by atoms with E-state index in [9.17, 15) is 14.7 Å². The van der Waals surface area contributed by atoms with E-state index in [-0.39, 0.29) is 18.9 Å². The Kier molecular flexibility index (Phi) is 3.63. The van der Waals surface area contributed by atoms with Crippen molar-refractivity contribution in [1.82, 2.24) is 9.88 Å². The number of nitrogens with zero attached hydrogens (tertiary/aromatic N) is 2. The number of pyridine rings is 1. The quantitative estimate of drug-likeness (QED) is 0.797. The normalized spacial score (nSPS) is 23.1. The summed E-state index contributed by atoms with van der Waals surface area (Å²) in [4.78, 5) is 28.6. The Morgan fingerprint density at radius 1 is 1.50 bits per heavy atom. The van der Waals surface area contributed by atoms with Crippen LogP contribution in [0.3, 0.4) is 0 Å². The van der Waals surface area contributed by atoms with E-state index in [2.05, 4.69) is 20.9 Å². The zero-order valence-corrected chi connectivity index (χ0v) is 11.0. The fraction of sp³-hybridized carbons (Fsp3) is 0.364. The SMILES string of the molecule is NC(=O)C1CC(O)CN1C(=O)c1cncc(Br)c1. The van der Waals surface area contributed by atoms with Crippen LogP contribution in [-0.4, -0.2) is 45.5 Å². The summed E-state index contributed by atoms with van der Waals surface area (Å²) in [6, 6.07) is 0.851. The van der Waals surface area contributed by atoms with Crippen molar-refractivity contribution in [2.75, 3.05) is 6.54 Å². The lowest BCUT2D eigenvalue weighted by Gasteiger charge is -2.21. The van der Waals surface area contributed by atoms with E-state index in [1.54, 1.807) is 12.3 Å². The van der Waals surface area contributed by atoms with Gasteiger partial charge in [-0.25, -0.2) is 0 Å². The fourth-order valence-corrected chi connectivity index (χ4v) is 2.37. The molecule has 0 bridgehead atoms. The first-order valence-electron chi connectivity index (χ1n) is 5.38. The number of amides is 2. The molecule has 1 saturated heterocycles. The molecule has 1 aromatic heterocycles. The standard InChI is InChI=1S/C11H12BrN3O3/c12-7-1-6(3-14-4-7)11(18)15-5-8(16)2-9(15)10(13)17/h1,3-4,8-9,16H,2,5H2,(H2,13,17). The number of aliphatic hydroxyl groups is 1. The van der Waals surface area contributed by atoms with Crippen molar-refractivity contribution in [2.45, 2.75) is 18.6 Å². The first-order chi connectivity index (χ1) is 8.49. The van der Waals surface area contributed by atoms with Gasteiger partial charge >= 0.3 is 0 Å². The predicted octanol–water partition coefficient (Wildman–Crippen LogP) is -0.0952. The number of carbonyl (C=O) groups is 2. The van der Waals surface area contributed by atoms with Gasteiger partial charge < -0.3 is 15.7 Å². The summed E-state index contributed by atoms with van der Waals surface area (Å²) in [5.41, 5.74) is 5.58. The van der Waals surface area contributed by atoms with Crippen molar-refractivity contribution in [3.8, 4) is 0 Å². The molecule has 6 nitrogen and oxygen atoms in total. The number of nitrogens with two attached hydrogens (primary N) is 1. The highest BCUT2D eigenvalue weighted by Crippen LogP contribution is 2.21. The number of β-amino-alcohol motifs (C(OH)–C–C–N with tert-alkyl or cyclic N) is 1. The average molecular weight is 314 g/mol. The second kappa shape index (κ2) is 5.03. The molecule has 1 aromatic rings. The van der Waals surface area contributed by atoms with E-state index in [1.165, 1.54) is 11.1 Å². The smallest absolute Gasteiger partial charge is 0.256 e. The number of likely N-dealkylation sites (tertiary alicyclic amines) is 1. The highest BCUT2D eigenvalue weighted by atomic mass is 79.9. The van der Waals surface area contributed by atoms with Gasteiger partial charge in [0.1, 0.15) is 6.04 Å². The van der Waals surface area contributed by atoms with E-state index >= 15 is 0 Å². The van der Waals surface area contributed by atoms with Gasteiger partial charge in [0.15, 0.2) is 0 Å². The molecular formula is C11H12BrN3O3. The van der Waals surface area contributed by atoms with Crippen molar-refractivity contribution < 1.29 is 14.7 Å². The monoisotopic (exact) mass is 313 g/mol. The summed E-state index contributed by atoms with van der Waals surface area (Å²) in [5.74, 6) is -0.966. The number of hydrogen-bond donors (Lipinski definition) is 2. The molecule has 0 radical (unpaired) electrons. The van der Waals surface area contributed by atoms with Crippen LogP contribution < -0.4 is 5.73 Å². The van der Waals surface area contributed by atoms with Crippen molar-refractivity contribution in [3.05, 3.63) is 28.5 Å². The van der Waals surface area contributed by atoms with Gasteiger partial charge in [-0.3, -0.25) is 14.6 Å². The molecule has 2 heterocycles. The van der Waals surface area contributed by atoms with E-state index in [0.29, 0.717) is 10.0 Å². The minimum atomic E-state index is -0.758. The van der Waals surface area contributed by atoms with E-state index in [4.69, 9.17) is 5.73 Å². The average Bonchev–Trinajstić information content (AvgIpc) is 2.70. The summed E-state index contributed by atoms with van der Waals surface area (Å²) in [7, 11) is 0. The maximum atomic E-state index is 12.2. The summed E-state index contributed by atoms with van der Waals surface area (Å²) in [5, 5.41) is 9.54. The topological polar surface area (TPSA) is 96.5 Å². The molecule has 2 amide bonds.